The highest BCUT2D eigenvalue weighted by atomic mass is 35.5. The average Bonchev–Trinajstić information content (AvgIpc) is 2.96. The van der Waals surface area contributed by atoms with E-state index in [4.69, 9.17) is 0 Å². The van der Waals surface area contributed by atoms with Crippen LogP contribution in [-0.4, -0.2) is 44.9 Å². The van der Waals surface area contributed by atoms with E-state index in [-0.39, 0.29) is 30.8 Å². The second-order valence-corrected chi connectivity index (χ2v) is 6.53. The molecular formula is C18H21ClN6O2. The molecule has 2 N–H and O–H groups in total. The van der Waals surface area contributed by atoms with Gasteiger partial charge in [-0.1, -0.05) is 6.07 Å². The SMILES string of the molecule is Cl.O=C1NC(c2ccccn2)(C2CCNCC2)C(=O)N1Cc1ncccn1. The van der Waals surface area contributed by atoms with Crippen LogP contribution in [0.25, 0.3) is 0 Å². The predicted octanol–water partition coefficient (Wildman–Crippen LogP) is 1.24. The van der Waals surface area contributed by atoms with Crippen LogP contribution in [0.4, 0.5) is 4.79 Å². The second kappa shape index (κ2) is 7.98. The van der Waals surface area contributed by atoms with E-state index in [0.717, 1.165) is 25.9 Å². The van der Waals surface area contributed by atoms with Crippen molar-refractivity contribution in [3.05, 3.63) is 54.4 Å². The molecule has 2 aliphatic rings. The molecule has 142 valence electrons. The Kier molecular flexibility index (Phi) is 5.67. The van der Waals surface area contributed by atoms with Crippen LogP contribution in [0.15, 0.2) is 42.9 Å². The van der Waals surface area contributed by atoms with Crippen LogP contribution >= 0.6 is 12.4 Å². The van der Waals surface area contributed by atoms with Gasteiger partial charge in [0.1, 0.15) is 5.82 Å². The maximum absolute atomic E-state index is 13.5. The number of nitrogens with one attached hydrogen (secondary N) is 2. The Morgan fingerprint density at radius 2 is 1.74 bits per heavy atom. The molecule has 1 unspecified atom stereocenters. The zero-order valence-corrected chi connectivity index (χ0v) is 15.5. The van der Waals surface area contributed by atoms with E-state index in [1.54, 1.807) is 30.7 Å². The molecule has 2 aromatic heterocycles. The Morgan fingerprint density at radius 1 is 1.04 bits per heavy atom. The van der Waals surface area contributed by atoms with Gasteiger partial charge in [0.2, 0.25) is 0 Å². The van der Waals surface area contributed by atoms with Crippen molar-refractivity contribution in [2.75, 3.05) is 13.1 Å². The van der Waals surface area contributed by atoms with Crippen molar-refractivity contribution in [1.29, 1.82) is 0 Å². The first kappa shape index (κ1) is 19.2. The minimum Gasteiger partial charge on any atom is -0.318 e. The van der Waals surface area contributed by atoms with Crippen LogP contribution in [0.2, 0.25) is 0 Å². The molecule has 2 fully saturated rings. The lowest BCUT2D eigenvalue weighted by atomic mass is 9.75. The van der Waals surface area contributed by atoms with E-state index >= 15 is 0 Å². The summed E-state index contributed by atoms with van der Waals surface area (Å²) in [5, 5.41) is 6.27. The Balaban J connectivity index is 0.00000210. The molecule has 0 aliphatic carbocycles. The van der Waals surface area contributed by atoms with Crippen molar-refractivity contribution in [1.82, 2.24) is 30.5 Å². The number of carbonyl (C=O) groups is 2. The fourth-order valence-corrected chi connectivity index (χ4v) is 3.80. The zero-order chi connectivity index (χ0) is 18.0. The standard InChI is InChI=1S/C18H20N6O2.ClH/c25-16-18(13-5-10-19-11-6-13,14-4-1-2-7-20-14)23-17(26)24(16)12-15-21-8-3-9-22-15;/h1-4,7-9,13,19H,5-6,10-12H2,(H,23,26);1H. The first-order chi connectivity index (χ1) is 12.7. The number of pyridine rings is 1. The minimum absolute atomic E-state index is 0. The first-order valence-corrected chi connectivity index (χ1v) is 8.74. The minimum atomic E-state index is -1.13. The molecule has 0 radical (unpaired) electrons. The summed E-state index contributed by atoms with van der Waals surface area (Å²) >= 11 is 0. The van der Waals surface area contributed by atoms with Gasteiger partial charge < -0.3 is 10.6 Å². The summed E-state index contributed by atoms with van der Waals surface area (Å²) in [5.74, 6) is 0.135. The van der Waals surface area contributed by atoms with Gasteiger partial charge in [-0.05, 0) is 50.0 Å². The lowest BCUT2D eigenvalue weighted by Crippen LogP contribution is -2.53. The van der Waals surface area contributed by atoms with E-state index in [1.165, 1.54) is 4.90 Å². The predicted molar refractivity (Wildman–Crippen MR) is 99.9 cm³/mol. The summed E-state index contributed by atoms with van der Waals surface area (Å²) < 4.78 is 0. The molecule has 4 heterocycles. The van der Waals surface area contributed by atoms with Crippen LogP contribution in [-0.2, 0) is 16.9 Å². The Labute approximate surface area is 163 Å². The van der Waals surface area contributed by atoms with Gasteiger partial charge in [0, 0.05) is 18.6 Å². The summed E-state index contributed by atoms with van der Waals surface area (Å²) in [5.41, 5.74) is -0.545. The van der Waals surface area contributed by atoms with Crippen LogP contribution < -0.4 is 10.6 Å². The highest BCUT2D eigenvalue weighted by Crippen LogP contribution is 2.39. The summed E-state index contributed by atoms with van der Waals surface area (Å²) in [6.45, 7) is 1.67. The number of nitrogens with zero attached hydrogens (tertiary/aromatic N) is 4. The maximum atomic E-state index is 13.5. The largest absolute Gasteiger partial charge is 0.325 e. The molecule has 2 aliphatic heterocycles. The Bertz CT molecular complexity index is 800. The number of urea groups is 1. The van der Waals surface area contributed by atoms with Crippen molar-refractivity contribution in [3.63, 3.8) is 0 Å². The van der Waals surface area contributed by atoms with Crippen molar-refractivity contribution in [2.45, 2.75) is 24.9 Å². The third-order valence-electron chi connectivity index (χ3n) is 5.07. The van der Waals surface area contributed by atoms with Gasteiger partial charge in [0.05, 0.1) is 12.2 Å². The molecule has 0 spiro atoms. The molecular weight excluding hydrogens is 368 g/mol. The van der Waals surface area contributed by atoms with Crippen LogP contribution in [0.1, 0.15) is 24.4 Å². The average molecular weight is 389 g/mol. The van der Waals surface area contributed by atoms with Gasteiger partial charge in [-0.3, -0.25) is 14.7 Å². The quantitative estimate of drug-likeness (QED) is 0.764. The second-order valence-electron chi connectivity index (χ2n) is 6.53. The fourth-order valence-electron chi connectivity index (χ4n) is 3.80. The number of amides is 3. The fraction of sp³-hybridized carbons (Fsp3) is 0.389. The summed E-state index contributed by atoms with van der Waals surface area (Å²) in [7, 11) is 0. The van der Waals surface area contributed by atoms with Crippen LogP contribution in [0.5, 0.6) is 0 Å². The number of aromatic nitrogens is 3. The van der Waals surface area contributed by atoms with E-state index < -0.39 is 11.6 Å². The van der Waals surface area contributed by atoms with Gasteiger partial charge in [-0.2, -0.15) is 0 Å². The Morgan fingerprint density at radius 3 is 2.41 bits per heavy atom. The molecule has 2 aromatic rings. The number of carbonyl (C=O) groups excluding carboxylic acids is 2. The lowest BCUT2D eigenvalue weighted by Gasteiger charge is -2.37. The monoisotopic (exact) mass is 388 g/mol. The van der Waals surface area contributed by atoms with Gasteiger partial charge in [0.25, 0.3) is 5.91 Å². The molecule has 0 aromatic carbocycles. The normalized spacial score (nSPS) is 23.0. The van der Waals surface area contributed by atoms with Crippen molar-refractivity contribution < 1.29 is 9.59 Å². The number of halogens is 1. The summed E-state index contributed by atoms with van der Waals surface area (Å²) in [4.78, 5) is 40.1. The van der Waals surface area contributed by atoms with Gasteiger partial charge >= 0.3 is 6.03 Å². The van der Waals surface area contributed by atoms with Gasteiger partial charge in [-0.25, -0.2) is 14.8 Å². The number of hydrogen-bond donors (Lipinski definition) is 2. The van der Waals surface area contributed by atoms with E-state index in [2.05, 4.69) is 25.6 Å². The zero-order valence-electron chi connectivity index (χ0n) is 14.7. The molecule has 2 saturated heterocycles. The van der Waals surface area contributed by atoms with E-state index in [1.807, 2.05) is 12.1 Å². The third-order valence-corrected chi connectivity index (χ3v) is 5.07. The molecule has 0 bridgehead atoms. The molecule has 9 heteroatoms. The molecule has 0 saturated carbocycles. The molecule has 1 atom stereocenters. The molecule has 27 heavy (non-hydrogen) atoms. The van der Waals surface area contributed by atoms with Crippen molar-refractivity contribution in [2.24, 2.45) is 5.92 Å². The van der Waals surface area contributed by atoms with Crippen molar-refractivity contribution in [3.8, 4) is 0 Å². The third kappa shape index (κ3) is 3.38. The number of imide groups is 1. The van der Waals surface area contributed by atoms with Gasteiger partial charge in [0.15, 0.2) is 5.54 Å². The highest BCUT2D eigenvalue weighted by Gasteiger charge is 2.57. The van der Waals surface area contributed by atoms with Crippen LogP contribution in [0, 0.1) is 5.92 Å². The van der Waals surface area contributed by atoms with E-state index in [0.29, 0.717) is 11.5 Å². The molecule has 4 rings (SSSR count). The topological polar surface area (TPSA) is 100 Å². The van der Waals surface area contributed by atoms with E-state index in [9.17, 15) is 9.59 Å². The maximum Gasteiger partial charge on any atom is 0.325 e. The number of piperidine rings is 1. The highest BCUT2D eigenvalue weighted by molar-refractivity contribution is 6.07. The number of hydrogen-bond acceptors (Lipinski definition) is 6. The summed E-state index contributed by atoms with van der Waals surface area (Å²) in [6.07, 6.45) is 6.43. The molecule has 8 nitrogen and oxygen atoms in total. The van der Waals surface area contributed by atoms with Crippen LogP contribution in [0.3, 0.4) is 0 Å². The smallest absolute Gasteiger partial charge is 0.318 e. The lowest BCUT2D eigenvalue weighted by molar-refractivity contribution is -0.134. The van der Waals surface area contributed by atoms with Crippen molar-refractivity contribution >= 4 is 24.3 Å². The van der Waals surface area contributed by atoms with Gasteiger partial charge in [-0.15, -0.1) is 12.4 Å². The first-order valence-electron chi connectivity index (χ1n) is 8.74. The molecule has 3 amide bonds. The summed E-state index contributed by atoms with van der Waals surface area (Å²) in [6, 6.07) is 6.72. The number of rotatable bonds is 4. The Hall–Kier alpha value is -2.58.